The average Bonchev–Trinajstić information content (AvgIpc) is 2.75. The zero-order valence-corrected chi connectivity index (χ0v) is 11.9. The molecule has 0 aliphatic rings. The molecule has 2 aromatic heterocycles. The maximum Gasteiger partial charge on any atom is 0.274 e. The lowest BCUT2D eigenvalue weighted by molar-refractivity contribution is -0.385. The zero-order chi connectivity index (χ0) is 15.0. The van der Waals surface area contributed by atoms with Crippen molar-refractivity contribution in [3.63, 3.8) is 0 Å². The van der Waals surface area contributed by atoms with Crippen LogP contribution in [-0.4, -0.2) is 19.5 Å². The van der Waals surface area contributed by atoms with Gasteiger partial charge in [-0.05, 0) is 12.1 Å². The molecule has 106 valence electrons. The molecule has 6 nitrogen and oxygen atoms in total. The van der Waals surface area contributed by atoms with E-state index in [1.54, 1.807) is 0 Å². The van der Waals surface area contributed by atoms with Crippen molar-refractivity contribution in [3.8, 4) is 0 Å². The zero-order valence-electron chi connectivity index (χ0n) is 11.2. The number of fused-ring (bicyclic) bond motifs is 1. The largest absolute Gasteiger partial charge is 0.331 e. The maximum absolute atomic E-state index is 10.9. The summed E-state index contributed by atoms with van der Waals surface area (Å²) in [5.74, 6) is 0.778. The van der Waals surface area contributed by atoms with Crippen molar-refractivity contribution in [3.05, 3.63) is 63.2 Å². The molecule has 7 heteroatoms. The molecular weight excluding hydrogens is 292 g/mol. The van der Waals surface area contributed by atoms with Crippen molar-refractivity contribution >= 4 is 28.3 Å². The van der Waals surface area contributed by atoms with E-state index in [9.17, 15) is 10.1 Å². The smallest absolute Gasteiger partial charge is 0.274 e. The van der Waals surface area contributed by atoms with Gasteiger partial charge in [0, 0.05) is 19.5 Å². The average molecular weight is 303 g/mol. The van der Waals surface area contributed by atoms with E-state index in [2.05, 4.69) is 9.97 Å². The van der Waals surface area contributed by atoms with Crippen LogP contribution >= 0.6 is 11.6 Å². The second-order valence-electron chi connectivity index (χ2n) is 4.65. The maximum atomic E-state index is 10.9. The number of aryl methyl sites for hydroxylation is 1. The summed E-state index contributed by atoms with van der Waals surface area (Å²) in [6.45, 7) is 0. The van der Waals surface area contributed by atoms with E-state index in [1.807, 2.05) is 35.9 Å². The lowest BCUT2D eigenvalue weighted by atomic mass is 10.2. The molecule has 0 bridgehead atoms. The molecule has 0 spiro atoms. The van der Waals surface area contributed by atoms with Crippen LogP contribution in [0.2, 0.25) is 5.15 Å². The fourth-order valence-corrected chi connectivity index (χ4v) is 2.47. The van der Waals surface area contributed by atoms with Crippen LogP contribution in [0.4, 0.5) is 5.69 Å². The van der Waals surface area contributed by atoms with Gasteiger partial charge in [0.05, 0.1) is 27.7 Å². The molecule has 1 aromatic carbocycles. The molecule has 2 heterocycles. The third-order valence-electron chi connectivity index (χ3n) is 3.26. The summed E-state index contributed by atoms with van der Waals surface area (Å²) in [4.78, 5) is 19.0. The summed E-state index contributed by atoms with van der Waals surface area (Å²) in [5.41, 5.74) is 2.34. The van der Waals surface area contributed by atoms with E-state index in [4.69, 9.17) is 11.6 Å². The monoisotopic (exact) mass is 302 g/mol. The van der Waals surface area contributed by atoms with Crippen LogP contribution in [0.15, 0.2) is 36.4 Å². The molecule has 0 atom stereocenters. The lowest BCUT2D eigenvalue weighted by Crippen LogP contribution is -2.02. The number of para-hydroxylation sites is 2. The molecule has 0 saturated carbocycles. The summed E-state index contributed by atoms with van der Waals surface area (Å²) in [6, 6.07) is 10.4. The molecule has 3 aromatic rings. The number of nitrogens with zero attached hydrogens (tertiary/aromatic N) is 4. The molecule has 3 rings (SSSR count). The summed E-state index contributed by atoms with van der Waals surface area (Å²) in [7, 11) is 1.91. The Hall–Kier alpha value is -2.47. The first-order valence-electron chi connectivity index (χ1n) is 6.26. The van der Waals surface area contributed by atoms with Gasteiger partial charge in [-0.15, -0.1) is 0 Å². The first-order chi connectivity index (χ1) is 10.0. The summed E-state index contributed by atoms with van der Waals surface area (Å²) >= 11 is 5.84. The van der Waals surface area contributed by atoms with Crippen molar-refractivity contribution < 1.29 is 4.92 Å². The molecule has 0 aliphatic heterocycles. The molecule has 0 amide bonds. The third-order valence-corrected chi connectivity index (χ3v) is 3.46. The van der Waals surface area contributed by atoms with Gasteiger partial charge in [-0.1, -0.05) is 23.7 Å². The predicted octanol–water partition coefficient (Wildman–Crippen LogP) is 3.12. The van der Waals surface area contributed by atoms with Gasteiger partial charge in [0.15, 0.2) is 0 Å². The minimum atomic E-state index is -0.480. The van der Waals surface area contributed by atoms with E-state index in [0.29, 0.717) is 12.1 Å². The Labute approximate surface area is 125 Å². The van der Waals surface area contributed by atoms with Crippen LogP contribution in [0.5, 0.6) is 0 Å². The molecule has 0 unspecified atom stereocenters. The van der Waals surface area contributed by atoms with Crippen LogP contribution in [0.25, 0.3) is 11.0 Å². The number of halogens is 1. The van der Waals surface area contributed by atoms with Gasteiger partial charge < -0.3 is 4.57 Å². The normalized spacial score (nSPS) is 11.0. The Bertz CT molecular complexity index is 844. The number of benzene rings is 1. The number of aromatic nitrogens is 3. The quantitative estimate of drug-likeness (QED) is 0.423. The van der Waals surface area contributed by atoms with Crippen LogP contribution < -0.4 is 0 Å². The van der Waals surface area contributed by atoms with Gasteiger partial charge in [-0.3, -0.25) is 10.1 Å². The van der Waals surface area contributed by atoms with Gasteiger partial charge >= 0.3 is 0 Å². The fourth-order valence-electron chi connectivity index (χ4n) is 2.25. The number of imidazole rings is 1. The minimum absolute atomic E-state index is 0.0660. The Kier molecular flexibility index (Phi) is 3.31. The fraction of sp³-hybridized carbons (Fsp3) is 0.143. The number of hydrogen-bond donors (Lipinski definition) is 0. The highest BCUT2D eigenvalue weighted by Gasteiger charge is 2.13. The van der Waals surface area contributed by atoms with Gasteiger partial charge in [0.1, 0.15) is 11.0 Å². The van der Waals surface area contributed by atoms with Gasteiger partial charge in [-0.25, -0.2) is 9.97 Å². The highest BCUT2D eigenvalue weighted by atomic mass is 35.5. The van der Waals surface area contributed by atoms with Crippen LogP contribution in [0.3, 0.4) is 0 Å². The predicted molar refractivity (Wildman–Crippen MR) is 79.4 cm³/mol. The van der Waals surface area contributed by atoms with Crippen LogP contribution in [0.1, 0.15) is 11.5 Å². The van der Waals surface area contributed by atoms with Crippen molar-refractivity contribution in [1.82, 2.24) is 14.5 Å². The van der Waals surface area contributed by atoms with E-state index in [0.717, 1.165) is 16.9 Å². The van der Waals surface area contributed by atoms with E-state index in [1.165, 1.54) is 12.1 Å². The number of pyridine rings is 1. The van der Waals surface area contributed by atoms with Gasteiger partial charge in [0.25, 0.3) is 5.69 Å². The van der Waals surface area contributed by atoms with Gasteiger partial charge in [-0.2, -0.15) is 0 Å². The Morgan fingerprint density at radius 1 is 1.29 bits per heavy atom. The Morgan fingerprint density at radius 3 is 2.76 bits per heavy atom. The van der Waals surface area contributed by atoms with Crippen molar-refractivity contribution in [1.29, 1.82) is 0 Å². The standard InChI is InChI=1S/C14H11ClN4O2/c1-18-12-5-3-2-4-11(12)17-14(18)7-9-6-10(19(20)21)8-13(15)16-9/h2-6,8H,7H2,1H3. The lowest BCUT2D eigenvalue weighted by Gasteiger charge is -2.03. The van der Waals surface area contributed by atoms with Crippen molar-refractivity contribution in [2.75, 3.05) is 0 Å². The first kappa shape index (κ1) is 13.5. The molecule has 0 aliphatic carbocycles. The molecule has 0 N–H and O–H groups in total. The topological polar surface area (TPSA) is 73.8 Å². The van der Waals surface area contributed by atoms with E-state index in [-0.39, 0.29) is 10.8 Å². The van der Waals surface area contributed by atoms with Crippen LogP contribution in [-0.2, 0) is 13.5 Å². The van der Waals surface area contributed by atoms with E-state index >= 15 is 0 Å². The Balaban J connectivity index is 2.02. The van der Waals surface area contributed by atoms with Crippen molar-refractivity contribution in [2.24, 2.45) is 7.05 Å². The number of rotatable bonds is 3. The first-order valence-corrected chi connectivity index (χ1v) is 6.63. The summed E-state index contributed by atoms with van der Waals surface area (Å²) in [6.07, 6.45) is 0.382. The highest BCUT2D eigenvalue weighted by Crippen LogP contribution is 2.21. The summed E-state index contributed by atoms with van der Waals surface area (Å²) < 4.78 is 1.95. The van der Waals surface area contributed by atoms with Crippen LogP contribution in [0, 0.1) is 10.1 Å². The molecule has 21 heavy (non-hydrogen) atoms. The third kappa shape index (κ3) is 2.57. The summed E-state index contributed by atoms with van der Waals surface area (Å²) in [5, 5.41) is 11.0. The molecule has 0 fully saturated rings. The van der Waals surface area contributed by atoms with E-state index < -0.39 is 4.92 Å². The number of nitro groups is 1. The van der Waals surface area contributed by atoms with Gasteiger partial charge in [0.2, 0.25) is 0 Å². The number of hydrogen-bond acceptors (Lipinski definition) is 4. The molecular formula is C14H11ClN4O2. The second kappa shape index (κ2) is 5.14. The second-order valence-corrected chi connectivity index (χ2v) is 5.04. The highest BCUT2D eigenvalue weighted by molar-refractivity contribution is 6.29. The van der Waals surface area contributed by atoms with Crippen molar-refractivity contribution in [2.45, 2.75) is 6.42 Å². The molecule has 0 radical (unpaired) electrons. The minimum Gasteiger partial charge on any atom is -0.331 e. The molecule has 0 saturated heterocycles. The SMILES string of the molecule is Cn1c(Cc2cc([N+](=O)[O-])cc(Cl)n2)nc2ccccc21. The Morgan fingerprint density at radius 2 is 2.05 bits per heavy atom.